The van der Waals surface area contributed by atoms with Crippen LogP contribution in [0.5, 0.6) is 5.75 Å². The average molecular weight is 284 g/mol. The van der Waals surface area contributed by atoms with Crippen LogP contribution < -0.4 is 4.74 Å². The maximum Gasteiger partial charge on any atom is 0.119 e. The fourth-order valence-corrected chi connectivity index (χ4v) is 5.95. The third kappa shape index (κ3) is 1.89. The van der Waals surface area contributed by atoms with Gasteiger partial charge in [0.05, 0.1) is 7.11 Å². The van der Waals surface area contributed by atoms with Gasteiger partial charge in [-0.1, -0.05) is 19.9 Å². The lowest BCUT2D eigenvalue weighted by molar-refractivity contribution is 0.0336. The highest BCUT2D eigenvalue weighted by molar-refractivity contribution is 5.40. The minimum atomic E-state index is 0.630. The molecule has 0 amide bonds. The van der Waals surface area contributed by atoms with Crippen molar-refractivity contribution in [2.75, 3.05) is 7.11 Å². The second-order valence-electron chi connectivity index (χ2n) is 8.00. The molecular formula is C20H28O. The monoisotopic (exact) mass is 284 g/mol. The number of hydrogen-bond acceptors (Lipinski definition) is 1. The van der Waals surface area contributed by atoms with E-state index in [1.54, 1.807) is 18.2 Å². The van der Waals surface area contributed by atoms with Crippen LogP contribution in [0.1, 0.15) is 63.0 Å². The summed E-state index contributed by atoms with van der Waals surface area (Å²) in [6.45, 7) is 5.09. The van der Waals surface area contributed by atoms with E-state index in [9.17, 15) is 0 Å². The zero-order chi connectivity index (χ0) is 14.6. The van der Waals surface area contributed by atoms with Crippen molar-refractivity contribution < 1.29 is 4.74 Å². The number of aryl methyl sites for hydroxylation is 1. The second-order valence-corrected chi connectivity index (χ2v) is 8.00. The van der Waals surface area contributed by atoms with Crippen molar-refractivity contribution in [1.82, 2.24) is 0 Å². The molecule has 1 aromatic rings. The number of rotatable bonds is 1. The third-order valence-electron chi connectivity index (χ3n) is 7.41. The topological polar surface area (TPSA) is 9.23 Å². The predicted molar refractivity (Wildman–Crippen MR) is 86.8 cm³/mol. The van der Waals surface area contributed by atoms with E-state index in [0.717, 1.165) is 29.4 Å². The molecule has 2 saturated carbocycles. The summed E-state index contributed by atoms with van der Waals surface area (Å²) in [5, 5.41) is 0. The highest BCUT2D eigenvalue weighted by Gasteiger charge is 2.53. The second kappa shape index (κ2) is 4.76. The number of ether oxygens (including phenoxy) is 1. The molecule has 114 valence electrons. The van der Waals surface area contributed by atoms with Gasteiger partial charge < -0.3 is 4.74 Å². The molecule has 0 aromatic heterocycles. The number of methoxy groups -OCH3 is 1. The summed E-state index contributed by atoms with van der Waals surface area (Å²) in [4.78, 5) is 0. The molecule has 1 nitrogen and oxygen atoms in total. The summed E-state index contributed by atoms with van der Waals surface area (Å²) in [5.41, 5.74) is 3.84. The van der Waals surface area contributed by atoms with Gasteiger partial charge in [-0.3, -0.25) is 0 Å². The fourth-order valence-electron chi connectivity index (χ4n) is 5.95. The lowest BCUT2D eigenvalue weighted by atomic mass is 9.54. The summed E-state index contributed by atoms with van der Waals surface area (Å²) in [7, 11) is 1.78. The number of hydrogen-bond donors (Lipinski definition) is 0. The van der Waals surface area contributed by atoms with Gasteiger partial charge in [-0.25, -0.2) is 0 Å². The van der Waals surface area contributed by atoms with Crippen molar-refractivity contribution in [3.63, 3.8) is 0 Å². The van der Waals surface area contributed by atoms with Gasteiger partial charge >= 0.3 is 0 Å². The molecule has 3 aliphatic rings. The summed E-state index contributed by atoms with van der Waals surface area (Å²) in [6.07, 6.45) is 8.43. The molecule has 21 heavy (non-hydrogen) atoms. The van der Waals surface area contributed by atoms with Crippen molar-refractivity contribution in [3.8, 4) is 5.75 Å². The molecule has 0 N–H and O–H groups in total. The van der Waals surface area contributed by atoms with E-state index in [4.69, 9.17) is 4.74 Å². The first-order valence-electron chi connectivity index (χ1n) is 8.80. The lowest BCUT2D eigenvalue weighted by Gasteiger charge is -2.50. The van der Waals surface area contributed by atoms with Gasteiger partial charge in [0.25, 0.3) is 0 Å². The van der Waals surface area contributed by atoms with E-state index in [0.29, 0.717) is 5.41 Å². The Balaban J connectivity index is 1.68. The standard InChI is InChI=1S/C20H28O/c1-13-4-9-19-18-7-5-14-12-15(21-3)6-8-16(14)17(18)10-11-20(13,19)2/h6,8,12-13,17-19H,4-5,7,9-11H2,1-3H3. The van der Waals surface area contributed by atoms with E-state index in [1.165, 1.54) is 38.5 Å². The largest absolute Gasteiger partial charge is 0.497 e. The molecule has 3 aliphatic carbocycles. The van der Waals surface area contributed by atoms with Gasteiger partial charge in [0.2, 0.25) is 0 Å². The summed E-state index contributed by atoms with van der Waals surface area (Å²) >= 11 is 0. The highest BCUT2D eigenvalue weighted by Crippen LogP contribution is 2.62. The van der Waals surface area contributed by atoms with Crippen molar-refractivity contribution in [3.05, 3.63) is 29.3 Å². The van der Waals surface area contributed by atoms with E-state index >= 15 is 0 Å². The quantitative estimate of drug-likeness (QED) is 0.690. The zero-order valence-electron chi connectivity index (χ0n) is 13.7. The Morgan fingerprint density at radius 1 is 1.14 bits per heavy atom. The zero-order valence-corrected chi connectivity index (χ0v) is 13.7. The smallest absolute Gasteiger partial charge is 0.119 e. The van der Waals surface area contributed by atoms with Gasteiger partial charge in [0.1, 0.15) is 5.75 Å². The summed E-state index contributed by atoms with van der Waals surface area (Å²) < 4.78 is 5.42. The van der Waals surface area contributed by atoms with Gasteiger partial charge in [-0.05, 0) is 90.9 Å². The van der Waals surface area contributed by atoms with Crippen LogP contribution >= 0.6 is 0 Å². The van der Waals surface area contributed by atoms with E-state index in [-0.39, 0.29) is 0 Å². The van der Waals surface area contributed by atoms with Crippen LogP contribution in [0.2, 0.25) is 0 Å². The molecule has 5 unspecified atom stereocenters. The summed E-state index contributed by atoms with van der Waals surface area (Å²) in [6, 6.07) is 6.83. The molecule has 5 atom stereocenters. The molecule has 1 heteroatoms. The predicted octanol–water partition coefficient (Wildman–Crippen LogP) is 5.19. The Hall–Kier alpha value is -0.980. The summed E-state index contributed by atoms with van der Waals surface area (Å²) in [5.74, 6) is 4.70. The average Bonchev–Trinajstić information content (AvgIpc) is 2.82. The van der Waals surface area contributed by atoms with E-state index in [1.807, 2.05) is 0 Å². The van der Waals surface area contributed by atoms with E-state index < -0.39 is 0 Å². The highest BCUT2D eigenvalue weighted by atomic mass is 16.5. The Morgan fingerprint density at radius 3 is 2.81 bits per heavy atom. The lowest BCUT2D eigenvalue weighted by Crippen LogP contribution is -2.41. The van der Waals surface area contributed by atoms with Crippen molar-refractivity contribution >= 4 is 0 Å². The van der Waals surface area contributed by atoms with Crippen LogP contribution in [0.15, 0.2) is 18.2 Å². The SMILES string of the molecule is COc1ccc2c(c1)CCC1C2CCC2(C)C(C)CCC12. The van der Waals surface area contributed by atoms with Crippen LogP contribution in [-0.4, -0.2) is 7.11 Å². The molecule has 0 bridgehead atoms. The Kier molecular flexibility index (Phi) is 3.10. The van der Waals surface area contributed by atoms with Gasteiger partial charge in [0, 0.05) is 0 Å². The maximum atomic E-state index is 5.42. The van der Waals surface area contributed by atoms with Crippen molar-refractivity contribution in [2.45, 2.75) is 58.3 Å². The number of fused-ring (bicyclic) bond motifs is 5. The first-order chi connectivity index (χ1) is 10.1. The van der Waals surface area contributed by atoms with Crippen LogP contribution in [0.3, 0.4) is 0 Å². The molecule has 0 radical (unpaired) electrons. The molecule has 2 fully saturated rings. The fraction of sp³-hybridized carbons (Fsp3) is 0.700. The Morgan fingerprint density at radius 2 is 2.00 bits per heavy atom. The molecular weight excluding hydrogens is 256 g/mol. The first kappa shape index (κ1) is 13.7. The molecule has 0 spiro atoms. The minimum Gasteiger partial charge on any atom is -0.497 e. The van der Waals surface area contributed by atoms with Crippen LogP contribution in [0.25, 0.3) is 0 Å². The molecule has 4 rings (SSSR count). The van der Waals surface area contributed by atoms with Crippen LogP contribution in [0.4, 0.5) is 0 Å². The number of benzene rings is 1. The molecule has 0 aliphatic heterocycles. The van der Waals surface area contributed by atoms with Crippen LogP contribution in [0, 0.1) is 23.2 Å². The van der Waals surface area contributed by atoms with Gasteiger partial charge in [-0.15, -0.1) is 0 Å². The molecule has 0 saturated heterocycles. The van der Waals surface area contributed by atoms with Crippen LogP contribution in [-0.2, 0) is 6.42 Å². The third-order valence-corrected chi connectivity index (χ3v) is 7.41. The van der Waals surface area contributed by atoms with Gasteiger partial charge in [0.15, 0.2) is 0 Å². The van der Waals surface area contributed by atoms with E-state index in [2.05, 4.69) is 32.0 Å². The molecule has 1 aromatic carbocycles. The molecule has 0 heterocycles. The maximum absolute atomic E-state index is 5.42. The van der Waals surface area contributed by atoms with Crippen molar-refractivity contribution in [1.29, 1.82) is 0 Å². The first-order valence-corrected chi connectivity index (χ1v) is 8.80. The Labute approximate surface area is 129 Å². The van der Waals surface area contributed by atoms with Gasteiger partial charge in [-0.2, -0.15) is 0 Å². The normalized spacial score (nSPS) is 41.1. The Bertz CT molecular complexity index is 549. The van der Waals surface area contributed by atoms with Crippen molar-refractivity contribution in [2.24, 2.45) is 23.2 Å². The minimum absolute atomic E-state index is 0.630.